The third-order valence-corrected chi connectivity index (χ3v) is 8.78. The van der Waals surface area contributed by atoms with Crippen molar-refractivity contribution in [3.63, 3.8) is 0 Å². The number of halogens is 1. The molecule has 2 N–H and O–H groups in total. The number of methoxy groups -OCH3 is 1. The van der Waals surface area contributed by atoms with Crippen molar-refractivity contribution in [2.45, 2.75) is 25.3 Å². The van der Waals surface area contributed by atoms with Crippen LogP contribution in [0.3, 0.4) is 0 Å². The van der Waals surface area contributed by atoms with E-state index in [-0.39, 0.29) is 0 Å². The Hall–Kier alpha value is -3.28. The molecule has 2 aliphatic rings. The van der Waals surface area contributed by atoms with Crippen LogP contribution in [0.5, 0.6) is 5.75 Å². The van der Waals surface area contributed by atoms with Crippen LogP contribution in [0.15, 0.2) is 42.6 Å². The van der Waals surface area contributed by atoms with Gasteiger partial charge in [-0.3, -0.25) is 4.31 Å². The van der Waals surface area contributed by atoms with Crippen molar-refractivity contribution < 1.29 is 13.2 Å². The summed E-state index contributed by atoms with van der Waals surface area (Å²) in [6.07, 6.45) is 5.60. The lowest BCUT2D eigenvalue weighted by Gasteiger charge is -2.36. The summed E-state index contributed by atoms with van der Waals surface area (Å²) in [6, 6.07) is 12.3. The maximum absolute atomic E-state index is 12.4. The molecule has 5 rings (SSSR count). The van der Waals surface area contributed by atoms with E-state index in [1.807, 2.05) is 30.3 Å². The van der Waals surface area contributed by atoms with Crippen LogP contribution in [0.1, 0.15) is 18.4 Å². The number of aromatic nitrogens is 2. The molecule has 2 aromatic carbocycles. The Morgan fingerprint density at radius 1 is 1.08 bits per heavy atom. The van der Waals surface area contributed by atoms with Crippen LogP contribution in [0.2, 0.25) is 5.02 Å². The normalized spacial score (nSPS) is 15.9. The summed E-state index contributed by atoms with van der Waals surface area (Å²) in [5.74, 6) is 1.37. The fourth-order valence-electron chi connectivity index (χ4n) is 5.24. The highest BCUT2D eigenvalue weighted by Crippen LogP contribution is 2.39. The molecule has 1 aromatic heterocycles. The topological polar surface area (TPSA) is 103 Å². The van der Waals surface area contributed by atoms with Gasteiger partial charge in [0, 0.05) is 37.4 Å². The van der Waals surface area contributed by atoms with Gasteiger partial charge in [0.25, 0.3) is 0 Å². The maximum Gasteiger partial charge on any atom is 0.232 e. The number of hydrogen-bond acceptors (Lipinski definition) is 9. The lowest BCUT2D eigenvalue weighted by atomic mass is 10.0. The first-order chi connectivity index (χ1) is 18.6. The predicted octanol–water partition coefficient (Wildman–Crippen LogP) is 4.48. The van der Waals surface area contributed by atoms with Gasteiger partial charge >= 0.3 is 0 Å². The second kappa shape index (κ2) is 11.1. The summed E-state index contributed by atoms with van der Waals surface area (Å²) in [4.78, 5) is 13.6. The zero-order chi connectivity index (χ0) is 27.7. The molecule has 0 spiro atoms. The van der Waals surface area contributed by atoms with Crippen LogP contribution in [-0.4, -0.2) is 76.4 Å². The molecule has 0 bridgehead atoms. The van der Waals surface area contributed by atoms with Crippen LogP contribution in [-0.2, 0) is 16.4 Å². The first-order valence-electron chi connectivity index (χ1n) is 12.9. The molecule has 2 aliphatic heterocycles. The van der Waals surface area contributed by atoms with Crippen molar-refractivity contribution >= 4 is 56.1 Å². The molecule has 0 aliphatic carbocycles. The molecule has 208 valence electrons. The summed E-state index contributed by atoms with van der Waals surface area (Å²) >= 11 is 6.44. The Kier molecular flexibility index (Phi) is 7.75. The van der Waals surface area contributed by atoms with Crippen molar-refractivity contribution in [1.82, 2.24) is 14.9 Å². The van der Waals surface area contributed by atoms with Crippen molar-refractivity contribution in [3.8, 4) is 5.75 Å². The van der Waals surface area contributed by atoms with Gasteiger partial charge in [-0.25, -0.2) is 13.4 Å². The number of sulfonamides is 1. The summed E-state index contributed by atoms with van der Waals surface area (Å²) in [6.45, 7) is 2.39. The molecule has 0 amide bonds. The number of nitrogens with zero attached hydrogens (tertiary/aromatic N) is 5. The lowest BCUT2D eigenvalue weighted by Crippen LogP contribution is -2.41. The van der Waals surface area contributed by atoms with Crippen LogP contribution in [0, 0.1) is 0 Å². The van der Waals surface area contributed by atoms with Gasteiger partial charge in [0.1, 0.15) is 10.8 Å². The van der Waals surface area contributed by atoms with E-state index in [0.29, 0.717) is 52.9 Å². The molecule has 10 nitrogen and oxygen atoms in total. The zero-order valence-corrected chi connectivity index (χ0v) is 24.2. The van der Waals surface area contributed by atoms with Crippen molar-refractivity contribution in [1.29, 1.82) is 0 Å². The first-order valence-corrected chi connectivity index (χ1v) is 15.1. The second-order valence-corrected chi connectivity index (χ2v) is 12.4. The molecule has 0 unspecified atom stereocenters. The van der Waals surface area contributed by atoms with E-state index in [1.165, 1.54) is 16.8 Å². The van der Waals surface area contributed by atoms with Gasteiger partial charge in [-0.05, 0) is 57.1 Å². The summed E-state index contributed by atoms with van der Waals surface area (Å²) in [5, 5.41) is 6.77. The van der Waals surface area contributed by atoms with Crippen LogP contribution in [0.4, 0.5) is 34.5 Å². The zero-order valence-electron chi connectivity index (χ0n) is 22.6. The average Bonchev–Trinajstić information content (AvgIpc) is 3.37. The van der Waals surface area contributed by atoms with E-state index in [2.05, 4.69) is 50.6 Å². The number of nitrogens with one attached hydrogen (secondary N) is 2. The SMILES string of the molecule is COc1cc(N2CCC(N(C)C)CC2)ccc1Nc1ncc(Cl)c(Nc2cccc3c2N(S(C)(=O)=O)CC3)n1. The third kappa shape index (κ3) is 5.85. The third-order valence-electron chi connectivity index (χ3n) is 7.34. The fourth-order valence-corrected chi connectivity index (χ4v) is 6.35. The second-order valence-electron chi connectivity index (χ2n) is 10.1. The van der Waals surface area contributed by atoms with Crippen LogP contribution < -0.4 is 24.6 Å². The quantitative estimate of drug-likeness (QED) is 0.405. The van der Waals surface area contributed by atoms with Crippen LogP contribution in [0.25, 0.3) is 0 Å². The minimum absolute atomic E-state index is 0.311. The molecule has 0 atom stereocenters. The Balaban J connectivity index is 1.36. The predicted molar refractivity (Wildman–Crippen MR) is 158 cm³/mol. The van der Waals surface area contributed by atoms with E-state index in [0.717, 1.165) is 42.9 Å². The smallest absolute Gasteiger partial charge is 0.232 e. The monoisotopic (exact) mass is 571 g/mol. The molecule has 1 fully saturated rings. The Morgan fingerprint density at radius 2 is 1.85 bits per heavy atom. The van der Waals surface area contributed by atoms with Gasteiger partial charge in [-0.15, -0.1) is 0 Å². The average molecular weight is 572 g/mol. The van der Waals surface area contributed by atoms with E-state index in [1.54, 1.807) is 7.11 Å². The highest BCUT2D eigenvalue weighted by molar-refractivity contribution is 7.92. The van der Waals surface area contributed by atoms with Gasteiger partial charge < -0.3 is 25.2 Å². The number of fused-ring (bicyclic) bond motifs is 1. The number of rotatable bonds is 8. The molecular formula is C27H34ClN7O3S. The lowest BCUT2D eigenvalue weighted by molar-refractivity contribution is 0.249. The molecule has 3 heterocycles. The van der Waals surface area contributed by atoms with Crippen molar-refractivity contribution in [2.24, 2.45) is 0 Å². The van der Waals surface area contributed by atoms with E-state index in [4.69, 9.17) is 16.3 Å². The van der Waals surface area contributed by atoms with Gasteiger partial charge in [-0.2, -0.15) is 4.98 Å². The first kappa shape index (κ1) is 27.3. The molecule has 3 aromatic rings. The van der Waals surface area contributed by atoms with Gasteiger partial charge in [-0.1, -0.05) is 23.7 Å². The molecule has 39 heavy (non-hydrogen) atoms. The van der Waals surface area contributed by atoms with Crippen molar-refractivity contribution in [3.05, 3.63) is 53.2 Å². The highest BCUT2D eigenvalue weighted by atomic mass is 35.5. The molecule has 12 heteroatoms. The van der Waals surface area contributed by atoms with Crippen molar-refractivity contribution in [2.75, 3.05) is 66.9 Å². The number of benzene rings is 2. The fraction of sp³-hybridized carbons (Fsp3) is 0.407. The molecule has 0 radical (unpaired) electrons. The minimum atomic E-state index is -3.42. The Bertz CT molecular complexity index is 1460. The standard InChI is InChI=1S/C27H34ClN7O3S/c1-33(2)19-11-13-34(14-12-19)20-8-9-22(24(16-20)38-3)31-27-29-17-21(28)26(32-27)30-23-7-5-6-18-10-15-35(25(18)23)39(4,36)37/h5-9,16-17,19H,10-15H2,1-4H3,(H2,29,30,31,32). The number of ether oxygens (including phenoxy) is 1. The summed E-state index contributed by atoms with van der Waals surface area (Å²) in [7, 11) is 2.50. The molecule has 0 saturated carbocycles. The molecule has 1 saturated heterocycles. The maximum atomic E-state index is 12.4. The summed E-state index contributed by atoms with van der Waals surface area (Å²) < 4.78 is 31.8. The van der Waals surface area contributed by atoms with Gasteiger partial charge in [0.15, 0.2) is 5.82 Å². The summed E-state index contributed by atoms with van der Waals surface area (Å²) in [5.41, 5.74) is 4.02. The Labute approximate surface area is 235 Å². The van der Waals surface area contributed by atoms with E-state index < -0.39 is 10.0 Å². The minimum Gasteiger partial charge on any atom is -0.494 e. The van der Waals surface area contributed by atoms with E-state index in [9.17, 15) is 8.42 Å². The number of hydrogen-bond donors (Lipinski definition) is 2. The number of para-hydroxylation sites is 1. The van der Waals surface area contributed by atoms with E-state index >= 15 is 0 Å². The highest BCUT2D eigenvalue weighted by Gasteiger charge is 2.29. The molecular weight excluding hydrogens is 538 g/mol. The van der Waals surface area contributed by atoms with Crippen LogP contribution >= 0.6 is 11.6 Å². The van der Waals surface area contributed by atoms with Gasteiger partial charge in [0.05, 0.1) is 36.6 Å². The number of piperidine rings is 1. The largest absolute Gasteiger partial charge is 0.494 e. The van der Waals surface area contributed by atoms with Gasteiger partial charge in [0.2, 0.25) is 16.0 Å². The number of anilines is 6. The Morgan fingerprint density at radius 3 is 2.54 bits per heavy atom.